The first-order valence-corrected chi connectivity index (χ1v) is 8.73. The Hall–Kier alpha value is -2.54. The van der Waals surface area contributed by atoms with Crippen molar-refractivity contribution in [2.45, 2.75) is 20.0 Å². The molecule has 0 atom stereocenters. The number of nitrogens with one attached hydrogen (secondary N) is 1. The minimum absolute atomic E-state index is 0.201. The first-order chi connectivity index (χ1) is 12.2. The molecular formula is C18H18F2N4S. The lowest BCUT2D eigenvalue weighted by Crippen LogP contribution is -2.21. The fourth-order valence-corrected chi connectivity index (χ4v) is 3.08. The zero-order chi connectivity index (χ0) is 17.6. The van der Waals surface area contributed by atoms with E-state index in [4.69, 9.17) is 0 Å². The summed E-state index contributed by atoms with van der Waals surface area (Å²) in [5, 5.41) is 3.78. The van der Waals surface area contributed by atoms with Crippen LogP contribution in [0.1, 0.15) is 18.1 Å². The Morgan fingerprint density at radius 2 is 1.92 bits per heavy atom. The molecule has 0 saturated carbocycles. The second kappa shape index (κ2) is 8.02. The molecule has 130 valence electrons. The van der Waals surface area contributed by atoms with E-state index < -0.39 is 11.6 Å². The summed E-state index contributed by atoms with van der Waals surface area (Å²) >= 11 is 1.29. The predicted molar refractivity (Wildman–Crippen MR) is 96.8 cm³/mol. The summed E-state index contributed by atoms with van der Waals surface area (Å²) in [6.45, 7) is 3.81. The van der Waals surface area contributed by atoms with Crippen LogP contribution in [0.25, 0.3) is 0 Å². The Morgan fingerprint density at radius 3 is 2.64 bits per heavy atom. The van der Waals surface area contributed by atoms with Crippen LogP contribution in [0, 0.1) is 11.6 Å². The fourth-order valence-electron chi connectivity index (χ4n) is 2.37. The Bertz CT molecular complexity index is 823. The maximum atomic E-state index is 13.7. The highest BCUT2D eigenvalue weighted by molar-refractivity contribution is 7.09. The zero-order valence-corrected chi connectivity index (χ0v) is 14.6. The lowest BCUT2D eigenvalue weighted by molar-refractivity contribution is 0.574. The molecule has 0 aliphatic heterocycles. The molecule has 1 heterocycles. The van der Waals surface area contributed by atoms with Crippen LogP contribution in [-0.2, 0) is 13.1 Å². The number of hydrogen-bond acceptors (Lipinski definition) is 5. The Balaban J connectivity index is 1.64. The van der Waals surface area contributed by atoms with Crippen LogP contribution in [0.2, 0.25) is 0 Å². The monoisotopic (exact) mass is 360 g/mol. The van der Waals surface area contributed by atoms with Crippen molar-refractivity contribution in [2.75, 3.05) is 16.8 Å². The van der Waals surface area contributed by atoms with Crippen LogP contribution < -0.4 is 10.2 Å². The maximum absolute atomic E-state index is 13.7. The summed E-state index contributed by atoms with van der Waals surface area (Å²) < 4.78 is 30.9. The smallest absolute Gasteiger partial charge is 0.236 e. The summed E-state index contributed by atoms with van der Waals surface area (Å²) in [6.07, 6.45) is 0. The topological polar surface area (TPSA) is 41.1 Å². The second-order valence-corrected chi connectivity index (χ2v) is 6.22. The van der Waals surface area contributed by atoms with Gasteiger partial charge in [-0.25, -0.2) is 8.78 Å². The molecule has 3 aromatic rings. The molecule has 0 spiro atoms. The van der Waals surface area contributed by atoms with Crippen molar-refractivity contribution >= 4 is 22.6 Å². The molecule has 0 fully saturated rings. The van der Waals surface area contributed by atoms with Crippen molar-refractivity contribution in [3.63, 3.8) is 0 Å². The van der Waals surface area contributed by atoms with Gasteiger partial charge in [-0.05, 0) is 18.6 Å². The number of nitrogens with zero attached hydrogens (tertiary/aromatic N) is 3. The third kappa shape index (κ3) is 4.51. The molecule has 0 bridgehead atoms. The Labute approximate surface area is 149 Å². The van der Waals surface area contributed by atoms with E-state index in [1.54, 1.807) is 0 Å². The molecule has 4 nitrogen and oxygen atoms in total. The van der Waals surface area contributed by atoms with Gasteiger partial charge in [0.2, 0.25) is 11.1 Å². The van der Waals surface area contributed by atoms with Gasteiger partial charge >= 0.3 is 0 Å². The number of halogens is 2. The summed E-state index contributed by atoms with van der Waals surface area (Å²) in [7, 11) is 0. The van der Waals surface area contributed by atoms with Crippen molar-refractivity contribution in [2.24, 2.45) is 0 Å². The number of hydrogen-bond donors (Lipinski definition) is 1. The molecule has 0 aliphatic carbocycles. The van der Waals surface area contributed by atoms with Gasteiger partial charge in [-0.2, -0.15) is 9.36 Å². The third-order valence-electron chi connectivity index (χ3n) is 3.74. The van der Waals surface area contributed by atoms with E-state index in [2.05, 4.69) is 38.6 Å². The largest absolute Gasteiger partial charge is 0.349 e. The average Bonchev–Trinajstić information content (AvgIpc) is 3.08. The van der Waals surface area contributed by atoms with Gasteiger partial charge in [0.1, 0.15) is 11.6 Å². The number of benzene rings is 2. The van der Waals surface area contributed by atoms with Gasteiger partial charge in [-0.15, -0.1) is 0 Å². The van der Waals surface area contributed by atoms with Gasteiger partial charge in [-0.3, -0.25) is 0 Å². The van der Waals surface area contributed by atoms with Gasteiger partial charge in [-0.1, -0.05) is 36.4 Å². The van der Waals surface area contributed by atoms with Gasteiger partial charge in [0.15, 0.2) is 0 Å². The van der Waals surface area contributed by atoms with Crippen LogP contribution >= 0.6 is 11.5 Å². The molecule has 25 heavy (non-hydrogen) atoms. The normalized spacial score (nSPS) is 10.7. The van der Waals surface area contributed by atoms with Crippen molar-refractivity contribution in [3.8, 4) is 0 Å². The molecule has 1 N–H and O–H groups in total. The Morgan fingerprint density at radius 1 is 1.12 bits per heavy atom. The van der Waals surface area contributed by atoms with Crippen LogP contribution in [0.15, 0.2) is 48.5 Å². The molecule has 2 aromatic carbocycles. The van der Waals surface area contributed by atoms with Gasteiger partial charge in [0, 0.05) is 42.8 Å². The van der Waals surface area contributed by atoms with E-state index in [0.29, 0.717) is 11.5 Å². The summed E-state index contributed by atoms with van der Waals surface area (Å²) in [4.78, 5) is 6.59. The van der Waals surface area contributed by atoms with Crippen molar-refractivity contribution in [1.82, 2.24) is 9.36 Å². The molecule has 0 unspecified atom stereocenters. The fraction of sp³-hybridized carbons (Fsp3) is 0.222. The highest BCUT2D eigenvalue weighted by Crippen LogP contribution is 2.22. The molecular weight excluding hydrogens is 342 g/mol. The summed E-state index contributed by atoms with van der Waals surface area (Å²) in [5.74, 6) is -0.729. The zero-order valence-electron chi connectivity index (χ0n) is 13.7. The molecule has 7 heteroatoms. The standard InChI is InChI=1S/C18H18F2N4S/c1-2-24(12-13-6-4-3-5-7-13)18-22-17(23-25-18)21-11-14-8-9-15(19)10-16(14)20/h3-10H,2,11-12H2,1H3,(H,21,23). The lowest BCUT2D eigenvalue weighted by Gasteiger charge is -2.19. The molecule has 0 aliphatic rings. The van der Waals surface area contributed by atoms with Crippen molar-refractivity contribution < 1.29 is 8.78 Å². The van der Waals surface area contributed by atoms with E-state index in [-0.39, 0.29) is 6.54 Å². The maximum Gasteiger partial charge on any atom is 0.236 e. The number of aromatic nitrogens is 2. The van der Waals surface area contributed by atoms with Gasteiger partial charge in [0.25, 0.3) is 0 Å². The quantitative estimate of drug-likeness (QED) is 0.676. The summed E-state index contributed by atoms with van der Waals surface area (Å²) in [5.41, 5.74) is 1.57. The lowest BCUT2D eigenvalue weighted by atomic mass is 10.2. The van der Waals surface area contributed by atoms with Gasteiger partial charge in [0.05, 0.1) is 0 Å². The highest BCUT2D eigenvalue weighted by Gasteiger charge is 2.12. The van der Waals surface area contributed by atoms with E-state index in [1.807, 2.05) is 18.2 Å². The Kier molecular flexibility index (Phi) is 5.55. The molecule has 0 radical (unpaired) electrons. The van der Waals surface area contributed by atoms with E-state index in [1.165, 1.54) is 29.2 Å². The average molecular weight is 360 g/mol. The van der Waals surface area contributed by atoms with Crippen molar-refractivity contribution in [3.05, 3.63) is 71.3 Å². The molecule has 0 saturated heterocycles. The van der Waals surface area contributed by atoms with Crippen LogP contribution in [-0.4, -0.2) is 15.9 Å². The van der Waals surface area contributed by atoms with E-state index >= 15 is 0 Å². The van der Waals surface area contributed by atoms with Crippen molar-refractivity contribution in [1.29, 1.82) is 0 Å². The summed E-state index contributed by atoms with van der Waals surface area (Å²) in [6, 6.07) is 13.7. The van der Waals surface area contributed by atoms with E-state index in [0.717, 1.165) is 24.3 Å². The molecule has 3 rings (SSSR count). The number of rotatable bonds is 7. The predicted octanol–water partition coefficient (Wildman–Crippen LogP) is 4.45. The van der Waals surface area contributed by atoms with Crippen LogP contribution in [0.5, 0.6) is 0 Å². The van der Waals surface area contributed by atoms with Crippen LogP contribution in [0.3, 0.4) is 0 Å². The minimum atomic E-state index is -0.588. The van der Waals surface area contributed by atoms with Gasteiger partial charge < -0.3 is 10.2 Å². The van der Waals surface area contributed by atoms with E-state index in [9.17, 15) is 8.78 Å². The highest BCUT2D eigenvalue weighted by atomic mass is 32.1. The second-order valence-electron chi connectivity index (χ2n) is 5.49. The minimum Gasteiger partial charge on any atom is -0.349 e. The third-order valence-corrected chi connectivity index (χ3v) is 4.51. The first-order valence-electron chi connectivity index (χ1n) is 7.96. The molecule has 0 amide bonds. The number of anilines is 2. The molecule has 1 aromatic heterocycles. The first kappa shape index (κ1) is 17.3. The van der Waals surface area contributed by atoms with Crippen LogP contribution in [0.4, 0.5) is 19.9 Å². The SMILES string of the molecule is CCN(Cc1ccccc1)c1nc(NCc2ccc(F)cc2F)ns1.